The molecular formula is C16H11N3O5S. The van der Waals surface area contributed by atoms with Gasteiger partial charge in [-0.2, -0.15) is 0 Å². The molecule has 0 fully saturated rings. The SMILES string of the molecule is O=C(Nc1ccsc1-c1nc(C(=O)O)c(O)c(=O)[nH]1)c1ccccc1. The predicted molar refractivity (Wildman–Crippen MR) is 91.2 cm³/mol. The fourth-order valence-corrected chi connectivity index (χ4v) is 2.89. The molecule has 3 aromatic rings. The van der Waals surface area contributed by atoms with Crippen molar-refractivity contribution in [1.29, 1.82) is 0 Å². The van der Waals surface area contributed by atoms with Gasteiger partial charge in [-0.05, 0) is 23.6 Å². The first-order chi connectivity index (χ1) is 12.0. The Hall–Kier alpha value is -3.46. The minimum atomic E-state index is -1.53. The van der Waals surface area contributed by atoms with Crippen molar-refractivity contribution in [2.75, 3.05) is 5.32 Å². The van der Waals surface area contributed by atoms with Gasteiger partial charge in [0.15, 0.2) is 11.5 Å². The summed E-state index contributed by atoms with van der Waals surface area (Å²) in [5.74, 6) is -2.92. The van der Waals surface area contributed by atoms with Gasteiger partial charge in [-0.25, -0.2) is 9.78 Å². The number of carboxylic acid groups (broad SMARTS) is 1. The zero-order valence-electron chi connectivity index (χ0n) is 12.5. The van der Waals surface area contributed by atoms with Crippen molar-refractivity contribution in [1.82, 2.24) is 9.97 Å². The number of amides is 1. The van der Waals surface area contributed by atoms with Crippen LogP contribution in [-0.2, 0) is 0 Å². The Kier molecular flexibility index (Phi) is 4.31. The number of hydrogen-bond acceptors (Lipinski definition) is 6. The van der Waals surface area contributed by atoms with Gasteiger partial charge in [0.1, 0.15) is 0 Å². The van der Waals surface area contributed by atoms with Crippen molar-refractivity contribution in [2.45, 2.75) is 0 Å². The fourth-order valence-electron chi connectivity index (χ4n) is 2.10. The van der Waals surface area contributed by atoms with Gasteiger partial charge in [0.2, 0.25) is 5.75 Å². The van der Waals surface area contributed by atoms with Gasteiger partial charge < -0.3 is 20.5 Å². The van der Waals surface area contributed by atoms with Crippen molar-refractivity contribution in [3.05, 3.63) is 63.4 Å². The maximum atomic E-state index is 12.3. The summed E-state index contributed by atoms with van der Waals surface area (Å²) in [7, 11) is 0. The van der Waals surface area contributed by atoms with Crippen LogP contribution in [0.3, 0.4) is 0 Å². The molecule has 0 radical (unpaired) electrons. The number of aromatic amines is 1. The molecule has 0 aliphatic heterocycles. The number of nitrogens with one attached hydrogen (secondary N) is 2. The number of aromatic carboxylic acids is 1. The molecule has 0 aliphatic rings. The highest BCUT2D eigenvalue weighted by atomic mass is 32.1. The number of anilines is 1. The van der Waals surface area contributed by atoms with Crippen molar-refractivity contribution in [3.8, 4) is 16.5 Å². The van der Waals surface area contributed by atoms with Crippen LogP contribution >= 0.6 is 11.3 Å². The maximum Gasteiger partial charge on any atom is 0.358 e. The molecule has 1 aromatic carbocycles. The number of aromatic hydroxyl groups is 1. The third-order valence-corrected chi connectivity index (χ3v) is 4.18. The Balaban J connectivity index is 1.99. The van der Waals surface area contributed by atoms with Crippen molar-refractivity contribution in [3.63, 3.8) is 0 Å². The first kappa shape index (κ1) is 16.4. The quantitative estimate of drug-likeness (QED) is 0.565. The average Bonchev–Trinajstić information content (AvgIpc) is 3.05. The van der Waals surface area contributed by atoms with Crippen LogP contribution < -0.4 is 10.9 Å². The number of rotatable bonds is 4. The van der Waals surface area contributed by atoms with Crippen LogP contribution in [0.5, 0.6) is 5.75 Å². The number of hydrogen-bond donors (Lipinski definition) is 4. The highest BCUT2D eigenvalue weighted by Gasteiger charge is 2.20. The summed E-state index contributed by atoms with van der Waals surface area (Å²) in [6, 6.07) is 10.1. The van der Waals surface area contributed by atoms with Crippen molar-refractivity contribution >= 4 is 28.9 Å². The van der Waals surface area contributed by atoms with Gasteiger partial charge >= 0.3 is 5.97 Å². The third-order valence-electron chi connectivity index (χ3n) is 3.26. The molecule has 2 heterocycles. The summed E-state index contributed by atoms with van der Waals surface area (Å²) in [5, 5.41) is 22.9. The standard InChI is InChI=1S/C16H11N3O5S/c20-11-10(16(23)24)18-13(19-15(11)22)12-9(6-7-25-12)17-14(21)8-4-2-1-3-5-8/h1-7,20H,(H,17,21)(H,23,24)(H,18,19,22). The Morgan fingerprint density at radius 2 is 1.88 bits per heavy atom. The van der Waals surface area contributed by atoms with Crippen LogP contribution in [0.1, 0.15) is 20.8 Å². The Morgan fingerprint density at radius 1 is 1.16 bits per heavy atom. The number of carbonyl (C=O) groups is 2. The highest BCUT2D eigenvalue weighted by Crippen LogP contribution is 2.31. The molecule has 0 saturated carbocycles. The lowest BCUT2D eigenvalue weighted by molar-refractivity contribution is 0.0686. The van der Waals surface area contributed by atoms with Crippen LogP contribution in [0.2, 0.25) is 0 Å². The molecule has 1 amide bonds. The normalized spacial score (nSPS) is 10.4. The number of carbonyl (C=O) groups excluding carboxylic acids is 1. The van der Waals surface area contributed by atoms with E-state index in [4.69, 9.17) is 5.11 Å². The Labute approximate surface area is 144 Å². The molecule has 0 spiro atoms. The summed E-state index contributed by atoms with van der Waals surface area (Å²) in [6.07, 6.45) is 0. The third kappa shape index (κ3) is 3.26. The van der Waals surface area contributed by atoms with Crippen LogP contribution in [-0.4, -0.2) is 32.1 Å². The Morgan fingerprint density at radius 3 is 2.56 bits per heavy atom. The summed E-state index contributed by atoms with van der Waals surface area (Å²) in [4.78, 5) is 41.5. The van der Waals surface area contributed by atoms with Gasteiger partial charge in [0, 0.05) is 5.56 Å². The maximum absolute atomic E-state index is 12.3. The molecule has 9 heteroatoms. The second-order valence-corrected chi connectivity index (χ2v) is 5.82. The largest absolute Gasteiger partial charge is 0.501 e. The smallest absolute Gasteiger partial charge is 0.358 e. The summed E-state index contributed by atoms with van der Waals surface area (Å²) in [6.45, 7) is 0. The van der Waals surface area contributed by atoms with E-state index in [-0.39, 0.29) is 11.7 Å². The van der Waals surface area contributed by atoms with Gasteiger partial charge in [0.05, 0.1) is 10.6 Å². The molecule has 0 bridgehead atoms. The average molecular weight is 357 g/mol. The monoisotopic (exact) mass is 357 g/mol. The minimum absolute atomic E-state index is 0.0569. The van der Waals surface area contributed by atoms with E-state index in [1.807, 2.05) is 0 Å². The van der Waals surface area contributed by atoms with E-state index < -0.39 is 23.0 Å². The van der Waals surface area contributed by atoms with Crippen LogP contribution in [0.25, 0.3) is 10.7 Å². The van der Waals surface area contributed by atoms with Crippen LogP contribution in [0.4, 0.5) is 5.69 Å². The summed E-state index contributed by atoms with van der Waals surface area (Å²) in [5.41, 5.74) is -0.925. The molecule has 4 N–H and O–H groups in total. The molecule has 2 aromatic heterocycles. The number of benzene rings is 1. The van der Waals surface area contributed by atoms with Crippen LogP contribution in [0.15, 0.2) is 46.6 Å². The summed E-state index contributed by atoms with van der Waals surface area (Å²) < 4.78 is 0. The zero-order chi connectivity index (χ0) is 18.0. The molecule has 0 saturated heterocycles. The van der Waals surface area contributed by atoms with E-state index in [2.05, 4.69) is 15.3 Å². The molecule has 3 rings (SSSR count). The number of H-pyrrole nitrogens is 1. The lowest BCUT2D eigenvalue weighted by atomic mass is 10.2. The van der Waals surface area contributed by atoms with Gasteiger partial charge in [-0.1, -0.05) is 18.2 Å². The first-order valence-electron chi connectivity index (χ1n) is 6.98. The van der Waals surface area contributed by atoms with Gasteiger partial charge in [-0.15, -0.1) is 11.3 Å². The summed E-state index contributed by atoms with van der Waals surface area (Å²) >= 11 is 1.15. The van der Waals surface area contributed by atoms with E-state index in [9.17, 15) is 19.5 Å². The number of aromatic nitrogens is 2. The molecule has 0 unspecified atom stereocenters. The van der Waals surface area contributed by atoms with Crippen molar-refractivity contribution in [2.24, 2.45) is 0 Å². The van der Waals surface area contributed by atoms with Crippen molar-refractivity contribution < 1.29 is 19.8 Å². The van der Waals surface area contributed by atoms with Gasteiger partial charge in [0.25, 0.3) is 11.5 Å². The molecule has 0 atom stereocenters. The number of nitrogens with zero attached hydrogens (tertiary/aromatic N) is 1. The second-order valence-electron chi connectivity index (χ2n) is 4.90. The van der Waals surface area contributed by atoms with E-state index >= 15 is 0 Å². The number of carboxylic acids is 1. The molecular weight excluding hydrogens is 346 g/mol. The lowest BCUT2D eigenvalue weighted by Gasteiger charge is -2.07. The molecule has 126 valence electrons. The molecule has 25 heavy (non-hydrogen) atoms. The number of thiophene rings is 1. The zero-order valence-corrected chi connectivity index (χ0v) is 13.3. The van der Waals surface area contributed by atoms with Crippen LogP contribution in [0, 0.1) is 0 Å². The molecule has 8 nitrogen and oxygen atoms in total. The second kappa shape index (κ2) is 6.57. The van der Waals surface area contributed by atoms with E-state index in [0.717, 1.165) is 11.3 Å². The minimum Gasteiger partial charge on any atom is -0.501 e. The fraction of sp³-hybridized carbons (Fsp3) is 0. The Bertz CT molecular complexity index is 1010. The predicted octanol–water partition coefficient (Wildman–Crippen LogP) is 2.15. The van der Waals surface area contributed by atoms with Gasteiger partial charge in [-0.3, -0.25) is 9.59 Å². The lowest BCUT2D eigenvalue weighted by Crippen LogP contribution is -2.16. The van der Waals surface area contributed by atoms with E-state index in [1.165, 1.54) is 0 Å². The highest BCUT2D eigenvalue weighted by molar-refractivity contribution is 7.14. The molecule has 0 aliphatic carbocycles. The topological polar surface area (TPSA) is 132 Å². The van der Waals surface area contributed by atoms with E-state index in [0.29, 0.717) is 16.1 Å². The first-order valence-corrected chi connectivity index (χ1v) is 7.86. The van der Waals surface area contributed by atoms with E-state index in [1.54, 1.807) is 41.8 Å².